The van der Waals surface area contributed by atoms with Gasteiger partial charge >= 0.3 is 12.1 Å². The number of halogens is 3. The molecule has 0 aliphatic carbocycles. The standard InChI is InChI=1S/C19H18F3NO4S/c20-19(21,22)17-6-2-1-5-15(17)13-27-18(24)14-7-9-16(10-8-14)28(25,26)23-11-3-4-12-23/h1-2,5-10H,3-4,11-13H2. The Hall–Kier alpha value is -2.39. The van der Waals surface area contributed by atoms with Crippen molar-refractivity contribution in [2.24, 2.45) is 0 Å². The minimum absolute atomic E-state index is 0.0601. The second-order valence-corrected chi connectivity index (χ2v) is 8.30. The van der Waals surface area contributed by atoms with Gasteiger partial charge in [-0.15, -0.1) is 0 Å². The summed E-state index contributed by atoms with van der Waals surface area (Å²) in [5, 5.41) is 0. The number of nitrogens with zero attached hydrogens (tertiary/aromatic N) is 1. The van der Waals surface area contributed by atoms with Gasteiger partial charge in [-0.1, -0.05) is 18.2 Å². The molecule has 0 bridgehead atoms. The molecule has 150 valence electrons. The molecule has 0 N–H and O–H groups in total. The van der Waals surface area contributed by atoms with Gasteiger partial charge in [0, 0.05) is 18.7 Å². The Morgan fingerprint density at radius 2 is 1.61 bits per heavy atom. The summed E-state index contributed by atoms with van der Waals surface area (Å²) in [6.45, 7) is 0.387. The number of carbonyl (C=O) groups excluding carboxylic acids is 1. The van der Waals surface area contributed by atoms with Crippen LogP contribution in [0.4, 0.5) is 13.2 Å². The summed E-state index contributed by atoms with van der Waals surface area (Å²) in [7, 11) is -3.60. The average molecular weight is 413 g/mol. The van der Waals surface area contributed by atoms with Crippen LogP contribution in [0.1, 0.15) is 34.3 Å². The van der Waals surface area contributed by atoms with Crippen molar-refractivity contribution >= 4 is 16.0 Å². The van der Waals surface area contributed by atoms with Crippen LogP contribution in [0.25, 0.3) is 0 Å². The molecule has 2 aromatic carbocycles. The second kappa shape index (κ2) is 7.92. The molecule has 0 saturated carbocycles. The fourth-order valence-corrected chi connectivity index (χ4v) is 4.51. The Labute approximate surface area is 160 Å². The van der Waals surface area contributed by atoms with Crippen molar-refractivity contribution in [3.8, 4) is 0 Å². The van der Waals surface area contributed by atoms with Gasteiger partial charge in [0.05, 0.1) is 16.0 Å². The van der Waals surface area contributed by atoms with E-state index in [0.29, 0.717) is 13.1 Å². The number of carbonyl (C=O) groups is 1. The van der Waals surface area contributed by atoms with Crippen LogP contribution in [0.3, 0.4) is 0 Å². The molecule has 5 nitrogen and oxygen atoms in total. The molecule has 2 aromatic rings. The number of alkyl halides is 3. The van der Waals surface area contributed by atoms with E-state index in [1.54, 1.807) is 0 Å². The van der Waals surface area contributed by atoms with E-state index in [1.165, 1.54) is 46.8 Å². The summed E-state index contributed by atoms with van der Waals surface area (Å²) >= 11 is 0. The first-order valence-corrected chi connectivity index (χ1v) is 10.1. The number of hydrogen-bond donors (Lipinski definition) is 0. The van der Waals surface area contributed by atoms with Crippen LogP contribution in [0.5, 0.6) is 0 Å². The van der Waals surface area contributed by atoms with E-state index < -0.39 is 34.3 Å². The van der Waals surface area contributed by atoms with Crippen molar-refractivity contribution in [1.29, 1.82) is 0 Å². The van der Waals surface area contributed by atoms with Gasteiger partial charge in [0.15, 0.2) is 0 Å². The van der Waals surface area contributed by atoms with Gasteiger partial charge in [-0.3, -0.25) is 0 Å². The Morgan fingerprint density at radius 3 is 2.21 bits per heavy atom. The highest BCUT2D eigenvalue weighted by Gasteiger charge is 2.33. The zero-order valence-corrected chi connectivity index (χ0v) is 15.6. The Bertz CT molecular complexity index is 950. The predicted molar refractivity (Wildman–Crippen MR) is 95.0 cm³/mol. The SMILES string of the molecule is O=C(OCc1ccccc1C(F)(F)F)c1ccc(S(=O)(=O)N2CCCC2)cc1. The van der Waals surface area contributed by atoms with Crippen LogP contribution in [0.15, 0.2) is 53.4 Å². The maximum atomic E-state index is 13.0. The lowest BCUT2D eigenvalue weighted by Crippen LogP contribution is -2.27. The molecule has 28 heavy (non-hydrogen) atoms. The highest BCUT2D eigenvalue weighted by Crippen LogP contribution is 2.32. The van der Waals surface area contributed by atoms with E-state index in [4.69, 9.17) is 4.74 Å². The van der Waals surface area contributed by atoms with Crippen LogP contribution in [-0.2, 0) is 27.5 Å². The lowest BCUT2D eigenvalue weighted by atomic mass is 10.1. The van der Waals surface area contributed by atoms with Crippen LogP contribution >= 0.6 is 0 Å². The third kappa shape index (κ3) is 4.36. The maximum absolute atomic E-state index is 13.0. The van der Waals surface area contributed by atoms with E-state index >= 15 is 0 Å². The molecular weight excluding hydrogens is 395 g/mol. The van der Waals surface area contributed by atoms with Crippen LogP contribution in [-0.4, -0.2) is 31.8 Å². The number of benzene rings is 2. The van der Waals surface area contributed by atoms with E-state index in [1.807, 2.05) is 0 Å². The molecule has 1 aliphatic rings. The third-order valence-electron chi connectivity index (χ3n) is 4.47. The largest absolute Gasteiger partial charge is 0.457 e. The lowest BCUT2D eigenvalue weighted by molar-refractivity contribution is -0.138. The summed E-state index contributed by atoms with van der Waals surface area (Å²) < 4.78 is 70.2. The van der Waals surface area contributed by atoms with Gasteiger partial charge in [-0.2, -0.15) is 17.5 Å². The van der Waals surface area contributed by atoms with Gasteiger partial charge < -0.3 is 4.74 Å². The number of rotatable bonds is 5. The number of sulfonamides is 1. The summed E-state index contributed by atoms with van der Waals surface area (Å²) in [5.74, 6) is -0.831. The fraction of sp³-hybridized carbons (Fsp3) is 0.316. The molecule has 0 atom stereocenters. The summed E-state index contributed by atoms with van der Waals surface area (Å²) in [6.07, 6.45) is -2.93. The van der Waals surface area contributed by atoms with Gasteiger partial charge in [0.1, 0.15) is 6.61 Å². The van der Waals surface area contributed by atoms with E-state index in [-0.39, 0.29) is 16.0 Å². The number of esters is 1. The van der Waals surface area contributed by atoms with Gasteiger partial charge in [-0.25, -0.2) is 13.2 Å². The molecule has 1 saturated heterocycles. The summed E-state index contributed by atoms with van der Waals surface area (Å²) in [4.78, 5) is 12.2. The number of hydrogen-bond acceptors (Lipinski definition) is 4. The highest BCUT2D eigenvalue weighted by molar-refractivity contribution is 7.89. The Kier molecular flexibility index (Phi) is 5.76. The number of ether oxygens (including phenoxy) is 1. The molecule has 9 heteroatoms. The van der Waals surface area contributed by atoms with Gasteiger partial charge in [0.25, 0.3) is 0 Å². The Morgan fingerprint density at radius 1 is 1.00 bits per heavy atom. The molecular formula is C19H18F3NO4S. The molecule has 1 fully saturated rings. The summed E-state index contributed by atoms with van der Waals surface area (Å²) in [6, 6.07) is 10.0. The van der Waals surface area contributed by atoms with E-state index in [0.717, 1.165) is 18.9 Å². The first-order chi connectivity index (χ1) is 13.2. The average Bonchev–Trinajstić information content (AvgIpc) is 3.21. The Balaban J connectivity index is 1.69. The molecule has 0 aromatic heterocycles. The van der Waals surface area contributed by atoms with E-state index in [9.17, 15) is 26.4 Å². The molecule has 0 spiro atoms. The lowest BCUT2D eigenvalue weighted by Gasteiger charge is -2.15. The van der Waals surface area contributed by atoms with Crippen molar-refractivity contribution < 1.29 is 31.1 Å². The fourth-order valence-electron chi connectivity index (χ4n) is 2.99. The van der Waals surface area contributed by atoms with Gasteiger partial charge in [-0.05, 0) is 43.2 Å². The van der Waals surface area contributed by atoms with Crippen molar-refractivity contribution in [2.45, 2.75) is 30.5 Å². The van der Waals surface area contributed by atoms with Crippen LogP contribution in [0.2, 0.25) is 0 Å². The zero-order valence-electron chi connectivity index (χ0n) is 14.8. The predicted octanol–water partition coefficient (Wildman–Crippen LogP) is 3.85. The van der Waals surface area contributed by atoms with Crippen molar-refractivity contribution in [1.82, 2.24) is 4.31 Å². The minimum atomic E-state index is -4.55. The highest BCUT2D eigenvalue weighted by atomic mass is 32.2. The molecule has 3 rings (SSSR count). The monoisotopic (exact) mass is 413 g/mol. The minimum Gasteiger partial charge on any atom is -0.457 e. The van der Waals surface area contributed by atoms with Crippen LogP contribution < -0.4 is 0 Å². The van der Waals surface area contributed by atoms with Crippen molar-refractivity contribution in [3.63, 3.8) is 0 Å². The smallest absolute Gasteiger partial charge is 0.416 e. The quantitative estimate of drug-likeness (QED) is 0.699. The molecule has 1 aliphatic heterocycles. The second-order valence-electron chi connectivity index (χ2n) is 6.37. The van der Waals surface area contributed by atoms with E-state index in [2.05, 4.69) is 0 Å². The molecule has 0 unspecified atom stereocenters. The zero-order chi connectivity index (χ0) is 20.4. The topological polar surface area (TPSA) is 63.7 Å². The van der Waals surface area contributed by atoms with Gasteiger partial charge in [0.2, 0.25) is 10.0 Å². The normalized spacial score (nSPS) is 15.5. The summed E-state index contributed by atoms with van der Waals surface area (Å²) in [5.41, 5.74) is -0.962. The first kappa shape index (κ1) is 20.3. The van der Waals surface area contributed by atoms with Crippen molar-refractivity contribution in [3.05, 3.63) is 65.2 Å². The molecule has 1 heterocycles. The molecule has 0 amide bonds. The van der Waals surface area contributed by atoms with Crippen molar-refractivity contribution in [2.75, 3.05) is 13.1 Å². The third-order valence-corrected chi connectivity index (χ3v) is 6.39. The maximum Gasteiger partial charge on any atom is 0.416 e. The first-order valence-electron chi connectivity index (χ1n) is 8.62. The van der Waals surface area contributed by atoms with Crippen LogP contribution in [0, 0.1) is 0 Å². The molecule has 0 radical (unpaired) electrons.